The van der Waals surface area contributed by atoms with E-state index in [2.05, 4.69) is 5.10 Å². The van der Waals surface area contributed by atoms with E-state index in [1.807, 2.05) is 24.3 Å². The fourth-order valence-corrected chi connectivity index (χ4v) is 2.92. The van der Waals surface area contributed by atoms with Gasteiger partial charge in [-0.1, -0.05) is 0 Å². The van der Waals surface area contributed by atoms with Gasteiger partial charge >= 0.3 is 0 Å². The lowest BCUT2D eigenvalue weighted by Gasteiger charge is -2.21. The second-order valence-corrected chi connectivity index (χ2v) is 5.94. The van der Waals surface area contributed by atoms with Crippen LogP contribution in [-0.2, 0) is 4.79 Å². The van der Waals surface area contributed by atoms with Gasteiger partial charge in [-0.25, -0.2) is 4.68 Å². The number of likely N-dealkylation sites (tertiary alicyclic amines) is 1. The average molecular weight is 327 g/mol. The molecular formula is C18H21N3O3. The number of rotatable bonds is 4. The van der Waals surface area contributed by atoms with E-state index < -0.39 is 6.04 Å². The van der Waals surface area contributed by atoms with Crippen molar-refractivity contribution in [1.29, 1.82) is 0 Å². The van der Waals surface area contributed by atoms with E-state index in [0.717, 1.165) is 37.2 Å². The highest BCUT2D eigenvalue weighted by Crippen LogP contribution is 2.20. The van der Waals surface area contributed by atoms with Crippen LogP contribution in [0, 0.1) is 0 Å². The summed E-state index contributed by atoms with van der Waals surface area (Å²) >= 11 is 0. The minimum absolute atomic E-state index is 0.0472. The number of methoxy groups -OCH3 is 1. The quantitative estimate of drug-likeness (QED) is 0.863. The Morgan fingerprint density at radius 2 is 1.79 bits per heavy atom. The van der Waals surface area contributed by atoms with Crippen molar-refractivity contribution >= 4 is 5.91 Å². The summed E-state index contributed by atoms with van der Waals surface area (Å²) < 4.78 is 6.43. The molecule has 24 heavy (non-hydrogen) atoms. The summed E-state index contributed by atoms with van der Waals surface area (Å²) in [5, 5.41) is 4.41. The minimum Gasteiger partial charge on any atom is -0.497 e. The molecule has 2 aromatic rings. The number of carbonyl (C=O) groups is 1. The first-order valence-corrected chi connectivity index (χ1v) is 8.13. The third-order valence-corrected chi connectivity index (χ3v) is 4.35. The van der Waals surface area contributed by atoms with Gasteiger partial charge in [0.15, 0.2) is 0 Å². The highest BCUT2D eigenvalue weighted by molar-refractivity contribution is 5.80. The summed E-state index contributed by atoms with van der Waals surface area (Å²) in [6, 6.07) is 9.96. The minimum atomic E-state index is -0.603. The predicted molar refractivity (Wildman–Crippen MR) is 91.0 cm³/mol. The lowest BCUT2D eigenvalue weighted by molar-refractivity contribution is -0.133. The van der Waals surface area contributed by atoms with Crippen LogP contribution in [0.3, 0.4) is 0 Å². The summed E-state index contributed by atoms with van der Waals surface area (Å²) in [5.41, 5.74) is 1.25. The van der Waals surface area contributed by atoms with Crippen LogP contribution in [0.5, 0.6) is 5.75 Å². The molecule has 2 heterocycles. The molecule has 0 spiro atoms. The molecule has 1 atom stereocenters. The monoisotopic (exact) mass is 327 g/mol. The van der Waals surface area contributed by atoms with Crippen LogP contribution in [-0.4, -0.2) is 40.8 Å². The molecular weight excluding hydrogens is 306 g/mol. The molecule has 3 rings (SSSR count). The van der Waals surface area contributed by atoms with Gasteiger partial charge in [0.25, 0.3) is 5.56 Å². The number of hydrogen-bond acceptors (Lipinski definition) is 4. The van der Waals surface area contributed by atoms with Gasteiger partial charge in [0, 0.05) is 24.7 Å². The first-order valence-electron chi connectivity index (χ1n) is 8.13. The third-order valence-electron chi connectivity index (χ3n) is 4.35. The molecule has 126 valence electrons. The molecule has 0 saturated carbocycles. The van der Waals surface area contributed by atoms with Crippen LogP contribution < -0.4 is 10.3 Å². The number of nitrogens with zero attached hydrogens (tertiary/aromatic N) is 3. The number of amides is 1. The maximum absolute atomic E-state index is 12.5. The van der Waals surface area contributed by atoms with Crippen LogP contribution in [0.15, 0.2) is 41.2 Å². The van der Waals surface area contributed by atoms with Gasteiger partial charge in [-0.05, 0) is 50.1 Å². The van der Waals surface area contributed by atoms with E-state index >= 15 is 0 Å². The smallest absolute Gasteiger partial charge is 0.267 e. The second kappa shape index (κ2) is 6.86. The van der Waals surface area contributed by atoms with Crippen molar-refractivity contribution in [1.82, 2.24) is 14.7 Å². The predicted octanol–water partition coefficient (Wildman–Crippen LogP) is 2.10. The number of aromatic nitrogens is 2. The Hall–Kier alpha value is -2.63. The van der Waals surface area contributed by atoms with Crippen molar-refractivity contribution in [2.45, 2.75) is 25.8 Å². The summed E-state index contributed by atoms with van der Waals surface area (Å²) in [5.74, 6) is 0.707. The molecule has 1 amide bonds. The fourth-order valence-electron chi connectivity index (χ4n) is 2.92. The maximum Gasteiger partial charge on any atom is 0.267 e. The number of ether oxygens (including phenoxy) is 1. The van der Waals surface area contributed by atoms with E-state index in [1.165, 1.54) is 10.7 Å². The van der Waals surface area contributed by atoms with Gasteiger partial charge in [0.05, 0.1) is 12.8 Å². The molecule has 1 aromatic carbocycles. The summed E-state index contributed by atoms with van der Waals surface area (Å²) in [7, 11) is 1.61. The van der Waals surface area contributed by atoms with Gasteiger partial charge in [-0.2, -0.15) is 5.10 Å². The Morgan fingerprint density at radius 3 is 2.42 bits per heavy atom. The molecule has 0 N–H and O–H groups in total. The number of carbonyl (C=O) groups excluding carboxylic acids is 1. The Kier molecular flexibility index (Phi) is 4.64. The molecule has 0 bridgehead atoms. The van der Waals surface area contributed by atoms with Crippen LogP contribution >= 0.6 is 0 Å². The molecule has 1 fully saturated rings. The Morgan fingerprint density at radius 1 is 1.12 bits per heavy atom. The van der Waals surface area contributed by atoms with Crippen LogP contribution in [0.25, 0.3) is 11.3 Å². The summed E-state index contributed by atoms with van der Waals surface area (Å²) in [4.78, 5) is 26.5. The zero-order chi connectivity index (χ0) is 17.1. The second-order valence-electron chi connectivity index (χ2n) is 5.94. The van der Waals surface area contributed by atoms with Gasteiger partial charge in [-0.15, -0.1) is 0 Å². The first-order chi connectivity index (χ1) is 11.6. The van der Waals surface area contributed by atoms with Crippen molar-refractivity contribution in [3.05, 3.63) is 46.8 Å². The van der Waals surface area contributed by atoms with Crippen molar-refractivity contribution in [2.24, 2.45) is 0 Å². The SMILES string of the molecule is COc1ccc(-c2ccc(=O)n(C(C)C(=O)N3CCCC3)n2)cc1. The van der Waals surface area contributed by atoms with E-state index in [0.29, 0.717) is 5.69 Å². The number of benzene rings is 1. The molecule has 1 aromatic heterocycles. The largest absolute Gasteiger partial charge is 0.497 e. The molecule has 1 unspecified atom stereocenters. The Balaban J connectivity index is 1.90. The third kappa shape index (κ3) is 3.18. The topological polar surface area (TPSA) is 64.4 Å². The van der Waals surface area contributed by atoms with Gasteiger partial charge in [0.1, 0.15) is 11.8 Å². The van der Waals surface area contributed by atoms with Crippen LogP contribution in [0.2, 0.25) is 0 Å². The van der Waals surface area contributed by atoms with Gasteiger partial charge in [-0.3, -0.25) is 9.59 Å². The normalized spacial score (nSPS) is 15.3. The van der Waals surface area contributed by atoms with E-state index in [1.54, 1.807) is 25.0 Å². The fraction of sp³-hybridized carbons (Fsp3) is 0.389. The Labute approximate surface area is 140 Å². The average Bonchev–Trinajstić information content (AvgIpc) is 3.15. The molecule has 6 nitrogen and oxygen atoms in total. The number of hydrogen-bond donors (Lipinski definition) is 0. The molecule has 6 heteroatoms. The van der Waals surface area contributed by atoms with E-state index in [9.17, 15) is 9.59 Å². The maximum atomic E-state index is 12.5. The Bertz CT molecular complexity index is 777. The standard InChI is InChI=1S/C18H21N3O3/c1-13(18(23)20-11-3-4-12-20)21-17(22)10-9-16(19-21)14-5-7-15(24-2)8-6-14/h5-10,13H,3-4,11-12H2,1-2H3. The lowest BCUT2D eigenvalue weighted by atomic mass is 10.1. The van der Waals surface area contributed by atoms with E-state index in [-0.39, 0.29) is 11.5 Å². The molecule has 0 aliphatic carbocycles. The van der Waals surface area contributed by atoms with Gasteiger partial charge in [0.2, 0.25) is 5.91 Å². The highest BCUT2D eigenvalue weighted by atomic mass is 16.5. The van der Waals surface area contributed by atoms with Crippen molar-refractivity contribution in [3.8, 4) is 17.0 Å². The zero-order valence-corrected chi connectivity index (χ0v) is 13.9. The van der Waals surface area contributed by atoms with Gasteiger partial charge < -0.3 is 9.64 Å². The first kappa shape index (κ1) is 16.2. The van der Waals surface area contributed by atoms with Crippen LogP contribution in [0.4, 0.5) is 0 Å². The van der Waals surface area contributed by atoms with E-state index in [4.69, 9.17) is 4.74 Å². The van der Waals surface area contributed by atoms with Crippen molar-refractivity contribution in [3.63, 3.8) is 0 Å². The van der Waals surface area contributed by atoms with Crippen molar-refractivity contribution < 1.29 is 9.53 Å². The molecule has 1 aliphatic heterocycles. The summed E-state index contributed by atoms with van der Waals surface area (Å²) in [6.45, 7) is 3.25. The highest BCUT2D eigenvalue weighted by Gasteiger charge is 2.25. The van der Waals surface area contributed by atoms with Crippen LogP contribution in [0.1, 0.15) is 25.8 Å². The molecule has 1 saturated heterocycles. The molecule has 1 aliphatic rings. The summed E-state index contributed by atoms with van der Waals surface area (Å²) in [6.07, 6.45) is 2.04. The molecule has 0 radical (unpaired) electrons. The lowest BCUT2D eigenvalue weighted by Crippen LogP contribution is -2.38. The zero-order valence-electron chi connectivity index (χ0n) is 13.9. The van der Waals surface area contributed by atoms with Crippen molar-refractivity contribution in [2.75, 3.05) is 20.2 Å².